The summed E-state index contributed by atoms with van der Waals surface area (Å²) in [7, 11) is 0. The van der Waals surface area contributed by atoms with Gasteiger partial charge >= 0.3 is 0 Å². The number of likely N-dealkylation sites (tertiary alicyclic amines) is 1. The van der Waals surface area contributed by atoms with E-state index in [1.807, 2.05) is 42.2 Å². The number of ketones is 1. The first-order valence-electron chi connectivity index (χ1n) is 7.07. The first-order valence-corrected chi connectivity index (χ1v) is 7.07. The third kappa shape index (κ3) is 2.07. The molecule has 1 aliphatic carbocycles. The molecule has 3 heteroatoms. The van der Waals surface area contributed by atoms with Gasteiger partial charge in [-0.05, 0) is 31.2 Å². The number of hydrogen-bond acceptors (Lipinski definition) is 2. The minimum absolute atomic E-state index is 0.00856. The minimum atomic E-state index is -0.170. The number of Topliss-reactive ketones (excluding diaryl/α,β-unsaturated/α-hetero) is 1. The third-order valence-corrected chi connectivity index (χ3v) is 4.50. The molecule has 1 heterocycles. The van der Waals surface area contributed by atoms with E-state index < -0.39 is 0 Å². The fraction of sp³-hybridized carbons (Fsp3) is 0.500. The van der Waals surface area contributed by atoms with Crippen LogP contribution in [0.3, 0.4) is 0 Å². The van der Waals surface area contributed by atoms with Crippen molar-refractivity contribution in [3.8, 4) is 0 Å². The highest BCUT2D eigenvalue weighted by atomic mass is 16.2. The van der Waals surface area contributed by atoms with Crippen LogP contribution in [0.15, 0.2) is 30.3 Å². The summed E-state index contributed by atoms with van der Waals surface area (Å²) in [5, 5.41) is 0. The van der Waals surface area contributed by atoms with Crippen molar-refractivity contribution in [3.63, 3.8) is 0 Å². The van der Waals surface area contributed by atoms with Crippen LogP contribution in [0.5, 0.6) is 0 Å². The molecule has 100 valence electrons. The first kappa shape index (κ1) is 12.4. The Balaban J connectivity index is 1.90. The van der Waals surface area contributed by atoms with Gasteiger partial charge in [-0.3, -0.25) is 9.59 Å². The van der Waals surface area contributed by atoms with Gasteiger partial charge in [0.05, 0.1) is 12.1 Å². The van der Waals surface area contributed by atoms with Crippen LogP contribution in [0.25, 0.3) is 0 Å². The maximum Gasteiger partial charge on any atom is 0.224 e. The van der Waals surface area contributed by atoms with Crippen molar-refractivity contribution in [1.29, 1.82) is 0 Å². The highest BCUT2D eigenvalue weighted by molar-refractivity contribution is 5.93. The van der Waals surface area contributed by atoms with Crippen LogP contribution >= 0.6 is 0 Å². The number of carbonyl (C=O) groups is 2. The van der Waals surface area contributed by atoms with E-state index in [4.69, 9.17) is 0 Å². The lowest BCUT2D eigenvalue weighted by Crippen LogP contribution is -2.44. The number of carbonyl (C=O) groups excluding carboxylic acids is 2. The fourth-order valence-corrected chi connectivity index (χ4v) is 3.54. The van der Waals surface area contributed by atoms with E-state index in [0.717, 1.165) is 18.4 Å². The number of hydrogen-bond donors (Lipinski definition) is 0. The van der Waals surface area contributed by atoms with Crippen molar-refractivity contribution in [2.24, 2.45) is 5.92 Å². The van der Waals surface area contributed by atoms with Crippen LogP contribution in [-0.2, 0) is 9.59 Å². The Morgan fingerprint density at radius 3 is 2.68 bits per heavy atom. The summed E-state index contributed by atoms with van der Waals surface area (Å²) in [5.41, 5.74) is 1.11. The lowest BCUT2D eigenvalue weighted by Gasteiger charge is -2.34. The lowest BCUT2D eigenvalue weighted by atomic mass is 9.84. The lowest BCUT2D eigenvalue weighted by molar-refractivity contribution is -0.137. The summed E-state index contributed by atoms with van der Waals surface area (Å²) in [5.74, 6) is 0.645. The molecule has 1 amide bonds. The third-order valence-electron chi connectivity index (χ3n) is 4.50. The summed E-state index contributed by atoms with van der Waals surface area (Å²) in [4.78, 5) is 26.3. The van der Waals surface area contributed by atoms with Gasteiger partial charge < -0.3 is 4.90 Å². The van der Waals surface area contributed by atoms with Crippen LogP contribution in [0, 0.1) is 5.92 Å². The molecule has 3 nitrogen and oxygen atoms in total. The van der Waals surface area contributed by atoms with Crippen molar-refractivity contribution >= 4 is 11.7 Å². The molecule has 0 unspecified atom stereocenters. The van der Waals surface area contributed by atoms with Crippen molar-refractivity contribution in [1.82, 2.24) is 4.90 Å². The molecule has 1 aromatic carbocycles. The van der Waals surface area contributed by atoms with Crippen LogP contribution in [0.4, 0.5) is 0 Å². The minimum Gasteiger partial charge on any atom is -0.326 e. The number of benzene rings is 1. The van der Waals surface area contributed by atoms with Crippen molar-refractivity contribution < 1.29 is 9.59 Å². The zero-order valence-electron chi connectivity index (χ0n) is 11.2. The van der Waals surface area contributed by atoms with E-state index in [9.17, 15) is 9.59 Å². The summed E-state index contributed by atoms with van der Waals surface area (Å²) < 4.78 is 0. The average molecular weight is 257 g/mol. The van der Waals surface area contributed by atoms with E-state index >= 15 is 0 Å². The van der Waals surface area contributed by atoms with E-state index in [0.29, 0.717) is 12.8 Å². The highest BCUT2D eigenvalue weighted by Crippen LogP contribution is 2.39. The van der Waals surface area contributed by atoms with E-state index in [2.05, 4.69) is 0 Å². The molecule has 3 rings (SSSR count). The van der Waals surface area contributed by atoms with Crippen LogP contribution in [-0.4, -0.2) is 22.6 Å². The van der Waals surface area contributed by atoms with Crippen molar-refractivity contribution in [2.75, 3.05) is 0 Å². The Bertz CT molecular complexity index is 497. The molecule has 2 fully saturated rings. The van der Waals surface area contributed by atoms with Crippen LogP contribution in [0.2, 0.25) is 0 Å². The summed E-state index contributed by atoms with van der Waals surface area (Å²) in [6.45, 7) is 2.03. The zero-order valence-corrected chi connectivity index (χ0v) is 11.2. The first-order chi connectivity index (χ1) is 9.18. The van der Waals surface area contributed by atoms with Crippen molar-refractivity contribution in [2.45, 2.75) is 44.7 Å². The molecule has 0 spiro atoms. The van der Waals surface area contributed by atoms with Crippen molar-refractivity contribution in [3.05, 3.63) is 35.9 Å². The second-order valence-corrected chi connectivity index (χ2v) is 5.66. The molecule has 3 atom stereocenters. The highest BCUT2D eigenvalue weighted by Gasteiger charge is 2.47. The standard InChI is InChI=1S/C16H19NO2/c1-11(12-6-3-2-4-7-12)17-15(19)10-13-8-5-9-14(18)16(13)17/h2-4,6-7,11,13,16H,5,8-10H2,1H3/t11-,13-,16+/m0/s1. The Morgan fingerprint density at radius 1 is 1.21 bits per heavy atom. The van der Waals surface area contributed by atoms with E-state index in [-0.39, 0.29) is 29.7 Å². The van der Waals surface area contributed by atoms with Gasteiger partial charge in [-0.15, -0.1) is 0 Å². The second kappa shape index (κ2) is 4.80. The smallest absolute Gasteiger partial charge is 0.224 e. The van der Waals surface area contributed by atoms with Crippen LogP contribution < -0.4 is 0 Å². The maximum absolute atomic E-state index is 12.3. The van der Waals surface area contributed by atoms with Gasteiger partial charge in [0, 0.05) is 12.8 Å². The number of rotatable bonds is 2. The van der Waals surface area contributed by atoms with Gasteiger partial charge in [0.2, 0.25) is 5.91 Å². The molecule has 1 aromatic rings. The normalized spacial score (nSPS) is 28.4. The number of fused-ring (bicyclic) bond motifs is 1. The van der Waals surface area contributed by atoms with Gasteiger partial charge in [-0.1, -0.05) is 30.3 Å². The van der Waals surface area contributed by atoms with Gasteiger partial charge in [-0.25, -0.2) is 0 Å². The average Bonchev–Trinajstić information content (AvgIpc) is 2.76. The molecule has 0 bridgehead atoms. The number of nitrogens with zero attached hydrogens (tertiary/aromatic N) is 1. The van der Waals surface area contributed by atoms with Crippen LogP contribution in [0.1, 0.15) is 44.2 Å². The maximum atomic E-state index is 12.3. The predicted octanol–water partition coefficient (Wildman–Crippen LogP) is 2.72. The predicted molar refractivity (Wildman–Crippen MR) is 72.5 cm³/mol. The van der Waals surface area contributed by atoms with Gasteiger partial charge in [0.25, 0.3) is 0 Å². The quantitative estimate of drug-likeness (QED) is 0.817. The Labute approximate surface area is 113 Å². The molecule has 2 aliphatic rings. The zero-order chi connectivity index (χ0) is 13.4. The topological polar surface area (TPSA) is 37.4 Å². The molecule has 19 heavy (non-hydrogen) atoms. The van der Waals surface area contributed by atoms with E-state index in [1.165, 1.54) is 0 Å². The molecule has 0 N–H and O–H groups in total. The summed E-state index contributed by atoms with van der Waals surface area (Å²) in [6, 6.07) is 9.80. The Hall–Kier alpha value is -1.64. The van der Waals surface area contributed by atoms with Gasteiger partial charge in [0.1, 0.15) is 0 Å². The molecule has 0 aromatic heterocycles. The monoisotopic (exact) mass is 257 g/mol. The summed E-state index contributed by atoms with van der Waals surface area (Å²) >= 11 is 0. The fourth-order valence-electron chi connectivity index (χ4n) is 3.54. The molecule has 1 saturated heterocycles. The Kier molecular flexibility index (Phi) is 3.13. The molecular weight excluding hydrogens is 238 g/mol. The molecule has 1 aliphatic heterocycles. The second-order valence-electron chi connectivity index (χ2n) is 5.66. The van der Waals surface area contributed by atoms with E-state index in [1.54, 1.807) is 0 Å². The summed E-state index contributed by atoms with van der Waals surface area (Å²) in [6.07, 6.45) is 3.14. The molecule has 0 radical (unpaired) electrons. The van der Waals surface area contributed by atoms with Gasteiger partial charge in [0.15, 0.2) is 5.78 Å². The number of amides is 1. The Morgan fingerprint density at radius 2 is 1.95 bits per heavy atom. The molecular formula is C16H19NO2. The molecule has 1 saturated carbocycles. The SMILES string of the molecule is C[C@@H](c1ccccc1)N1C(=O)C[C@@H]2CCCC(=O)[C@@H]21. The largest absolute Gasteiger partial charge is 0.326 e. The van der Waals surface area contributed by atoms with Gasteiger partial charge in [-0.2, -0.15) is 0 Å².